The molecule has 2 rings (SSSR count). The Morgan fingerprint density at radius 3 is 1.81 bits per heavy atom. The smallest absolute Gasteiger partial charge is 0.134 e. The van der Waals surface area contributed by atoms with Crippen LogP contribution in [0.15, 0.2) is 36.4 Å². The summed E-state index contributed by atoms with van der Waals surface area (Å²) in [6, 6.07) is 11.8. The van der Waals surface area contributed by atoms with Gasteiger partial charge in [-0.15, -0.1) is 0 Å². The second-order valence-electron chi connectivity index (χ2n) is 6.55. The number of hydrogen-bond acceptors (Lipinski definition) is 4. The second-order valence-corrected chi connectivity index (χ2v) is 6.55. The van der Waals surface area contributed by atoms with Crippen LogP contribution >= 0.6 is 0 Å². The van der Waals surface area contributed by atoms with Crippen molar-refractivity contribution in [2.75, 3.05) is 27.9 Å². The van der Waals surface area contributed by atoms with Crippen molar-refractivity contribution in [1.82, 2.24) is 0 Å². The number of methoxy groups -OCH3 is 3. The molecular formula is C23H32O4. The zero-order valence-electron chi connectivity index (χ0n) is 17.0. The van der Waals surface area contributed by atoms with Crippen molar-refractivity contribution >= 4 is 0 Å². The molecule has 0 heterocycles. The first kappa shape index (κ1) is 20.9. The van der Waals surface area contributed by atoms with Crippen molar-refractivity contribution in [3.05, 3.63) is 36.4 Å². The maximum Gasteiger partial charge on any atom is 0.134 e. The highest BCUT2D eigenvalue weighted by molar-refractivity contribution is 5.78. The van der Waals surface area contributed by atoms with E-state index in [0.29, 0.717) is 17.2 Å². The van der Waals surface area contributed by atoms with E-state index in [4.69, 9.17) is 18.9 Å². The third-order valence-corrected chi connectivity index (χ3v) is 4.62. The third kappa shape index (κ3) is 6.09. The Balaban J connectivity index is 2.01. The highest BCUT2D eigenvalue weighted by atomic mass is 16.5. The molecule has 0 saturated carbocycles. The Morgan fingerprint density at radius 1 is 0.667 bits per heavy atom. The lowest BCUT2D eigenvalue weighted by molar-refractivity contribution is 0.304. The summed E-state index contributed by atoms with van der Waals surface area (Å²) >= 11 is 0. The molecule has 0 unspecified atom stereocenters. The highest BCUT2D eigenvalue weighted by Crippen LogP contribution is 2.42. The van der Waals surface area contributed by atoms with Crippen LogP contribution in [-0.4, -0.2) is 27.9 Å². The van der Waals surface area contributed by atoms with Crippen LogP contribution in [0, 0.1) is 0 Å². The van der Waals surface area contributed by atoms with Crippen LogP contribution in [0.4, 0.5) is 0 Å². The molecule has 148 valence electrons. The summed E-state index contributed by atoms with van der Waals surface area (Å²) in [5, 5.41) is 0. The number of rotatable bonds is 12. The van der Waals surface area contributed by atoms with Crippen molar-refractivity contribution in [3.8, 4) is 34.1 Å². The van der Waals surface area contributed by atoms with Crippen LogP contribution in [0.5, 0.6) is 23.0 Å². The fraction of sp³-hybridized carbons (Fsp3) is 0.478. The van der Waals surface area contributed by atoms with E-state index in [0.717, 1.165) is 29.9 Å². The molecule has 2 aromatic rings. The highest BCUT2D eigenvalue weighted by Gasteiger charge is 2.15. The van der Waals surface area contributed by atoms with Crippen LogP contribution in [0.3, 0.4) is 0 Å². The molecule has 27 heavy (non-hydrogen) atoms. The second kappa shape index (κ2) is 11.4. The Labute approximate surface area is 163 Å². The molecule has 4 nitrogen and oxygen atoms in total. The largest absolute Gasteiger partial charge is 0.496 e. The molecule has 0 aliphatic heterocycles. The standard InChI is InChI=1S/C23H32O4/c1-5-6-7-8-9-10-15-27-19-13-11-18(12-14-19)23-21(25-3)16-20(24-2)17-22(23)26-4/h11-14,16-17H,5-10,15H2,1-4H3. The molecule has 0 bridgehead atoms. The fourth-order valence-electron chi connectivity index (χ4n) is 3.08. The zero-order chi connectivity index (χ0) is 19.5. The molecule has 0 spiro atoms. The maximum absolute atomic E-state index is 5.87. The molecule has 0 radical (unpaired) electrons. The Kier molecular flexibility index (Phi) is 8.82. The van der Waals surface area contributed by atoms with Crippen LogP contribution in [-0.2, 0) is 0 Å². The molecule has 0 fully saturated rings. The average molecular weight is 373 g/mol. The summed E-state index contributed by atoms with van der Waals surface area (Å²) in [6.07, 6.45) is 7.58. The summed E-state index contributed by atoms with van der Waals surface area (Å²) in [5.74, 6) is 3.02. The monoisotopic (exact) mass is 372 g/mol. The van der Waals surface area contributed by atoms with Gasteiger partial charge in [-0.1, -0.05) is 51.2 Å². The molecular weight excluding hydrogens is 340 g/mol. The van der Waals surface area contributed by atoms with E-state index >= 15 is 0 Å². The third-order valence-electron chi connectivity index (χ3n) is 4.62. The molecule has 0 saturated heterocycles. The first-order chi connectivity index (χ1) is 13.2. The van der Waals surface area contributed by atoms with Crippen molar-refractivity contribution in [2.45, 2.75) is 45.4 Å². The minimum atomic E-state index is 0.700. The normalized spacial score (nSPS) is 10.5. The zero-order valence-corrected chi connectivity index (χ0v) is 17.0. The van der Waals surface area contributed by atoms with Gasteiger partial charge in [-0.2, -0.15) is 0 Å². The molecule has 0 atom stereocenters. The lowest BCUT2D eigenvalue weighted by Gasteiger charge is -2.15. The van der Waals surface area contributed by atoms with Gasteiger partial charge in [-0.05, 0) is 24.1 Å². The molecule has 0 N–H and O–H groups in total. The van der Waals surface area contributed by atoms with E-state index < -0.39 is 0 Å². The Hall–Kier alpha value is -2.36. The van der Waals surface area contributed by atoms with Gasteiger partial charge in [-0.25, -0.2) is 0 Å². The summed E-state index contributed by atoms with van der Waals surface area (Å²) < 4.78 is 22.3. The van der Waals surface area contributed by atoms with E-state index in [1.807, 2.05) is 36.4 Å². The molecule has 0 amide bonds. The first-order valence-electron chi connectivity index (χ1n) is 9.76. The molecule has 0 aromatic heterocycles. The van der Waals surface area contributed by atoms with Gasteiger partial charge in [0.05, 0.1) is 33.5 Å². The van der Waals surface area contributed by atoms with E-state index in [2.05, 4.69) is 6.92 Å². The van der Waals surface area contributed by atoms with Gasteiger partial charge < -0.3 is 18.9 Å². The van der Waals surface area contributed by atoms with E-state index in [9.17, 15) is 0 Å². The predicted molar refractivity (Wildman–Crippen MR) is 110 cm³/mol. The number of unbranched alkanes of at least 4 members (excludes halogenated alkanes) is 5. The summed E-state index contributed by atoms with van der Waals surface area (Å²) in [7, 11) is 4.93. The van der Waals surface area contributed by atoms with Crippen molar-refractivity contribution in [3.63, 3.8) is 0 Å². The molecule has 0 aliphatic rings. The van der Waals surface area contributed by atoms with Gasteiger partial charge >= 0.3 is 0 Å². The van der Waals surface area contributed by atoms with Crippen LogP contribution in [0.2, 0.25) is 0 Å². The van der Waals surface area contributed by atoms with Gasteiger partial charge in [-0.3, -0.25) is 0 Å². The fourth-order valence-corrected chi connectivity index (χ4v) is 3.08. The van der Waals surface area contributed by atoms with Crippen molar-refractivity contribution in [2.24, 2.45) is 0 Å². The summed E-state index contributed by atoms with van der Waals surface area (Å²) in [4.78, 5) is 0. The van der Waals surface area contributed by atoms with Crippen LogP contribution in [0.1, 0.15) is 45.4 Å². The van der Waals surface area contributed by atoms with E-state index in [1.54, 1.807) is 21.3 Å². The quantitative estimate of drug-likeness (QED) is 0.421. The lowest BCUT2D eigenvalue weighted by atomic mass is 10.0. The van der Waals surface area contributed by atoms with E-state index in [-0.39, 0.29) is 0 Å². The molecule has 2 aromatic carbocycles. The summed E-state index contributed by atoms with van der Waals surface area (Å²) in [5.41, 5.74) is 1.92. The predicted octanol–water partition coefficient (Wildman–Crippen LogP) is 6.12. The van der Waals surface area contributed by atoms with Gasteiger partial charge in [0.15, 0.2) is 0 Å². The van der Waals surface area contributed by atoms with E-state index in [1.165, 1.54) is 32.1 Å². The number of benzene rings is 2. The first-order valence-corrected chi connectivity index (χ1v) is 9.76. The van der Waals surface area contributed by atoms with Crippen LogP contribution < -0.4 is 18.9 Å². The topological polar surface area (TPSA) is 36.9 Å². The van der Waals surface area contributed by atoms with Gasteiger partial charge in [0, 0.05) is 12.1 Å². The Bertz CT molecular complexity index is 654. The Morgan fingerprint density at radius 2 is 1.26 bits per heavy atom. The minimum absolute atomic E-state index is 0.700. The SMILES string of the molecule is CCCCCCCCOc1ccc(-c2c(OC)cc(OC)cc2OC)cc1. The number of hydrogen-bond donors (Lipinski definition) is 0. The maximum atomic E-state index is 5.87. The van der Waals surface area contributed by atoms with Gasteiger partial charge in [0.1, 0.15) is 23.0 Å². The minimum Gasteiger partial charge on any atom is -0.496 e. The van der Waals surface area contributed by atoms with Crippen molar-refractivity contribution in [1.29, 1.82) is 0 Å². The number of ether oxygens (including phenoxy) is 4. The average Bonchev–Trinajstić information content (AvgIpc) is 2.72. The van der Waals surface area contributed by atoms with Crippen molar-refractivity contribution < 1.29 is 18.9 Å². The van der Waals surface area contributed by atoms with Crippen LogP contribution in [0.25, 0.3) is 11.1 Å². The molecule has 4 heteroatoms. The van der Waals surface area contributed by atoms with Gasteiger partial charge in [0.2, 0.25) is 0 Å². The lowest BCUT2D eigenvalue weighted by Crippen LogP contribution is -1.98. The molecule has 0 aliphatic carbocycles. The summed E-state index contributed by atoms with van der Waals surface area (Å²) in [6.45, 7) is 3.00. The van der Waals surface area contributed by atoms with Gasteiger partial charge in [0.25, 0.3) is 0 Å².